The van der Waals surface area contributed by atoms with E-state index in [4.69, 9.17) is 0 Å². The molecule has 1 nitrogen and oxygen atoms in total. The molecule has 4 heteroatoms. The van der Waals surface area contributed by atoms with Gasteiger partial charge in [-0.05, 0) is 65.2 Å². The highest BCUT2D eigenvalue weighted by Gasteiger charge is 2.18. The summed E-state index contributed by atoms with van der Waals surface area (Å²) in [6, 6.07) is 7.03. The van der Waals surface area contributed by atoms with Crippen molar-refractivity contribution < 1.29 is 13.6 Å². The highest BCUT2D eigenvalue weighted by molar-refractivity contribution is 9.10. The molecule has 98 valence electrons. The third kappa shape index (κ3) is 2.73. The summed E-state index contributed by atoms with van der Waals surface area (Å²) in [7, 11) is 0. The fourth-order valence-corrected chi connectivity index (χ4v) is 2.23. The van der Waals surface area contributed by atoms with Gasteiger partial charge in [-0.3, -0.25) is 4.79 Å². The topological polar surface area (TPSA) is 17.1 Å². The monoisotopic (exact) mass is 324 g/mol. The highest BCUT2D eigenvalue weighted by atomic mass is 79.9. The van der Waals surface area contributed by atoms with Gasteiger partial charge in [0.1, 0.15) is 11.6 Å². The Hall–Kier alpha value is -1.55. The van der Waals surface area contributed by atoms with E-state index in [1.165, 1.54) is 18.2 Å². The van der Waals surface area contributed by atoms with Gasteiger partial charge in [-0.1, -0.05) is 6.07 Å². The van der Waals surface area contributed by atoms with Crippen molar-refractivity contribution in [1.29, 1.82) is 0 Å². The van der Waals surface area contributed by atoms with E-state index in [2.05, 4.69) is 15.9 Å². The maximum atomic E-state index is 13.9. The molecule has 2 aromatic carbocycles. The van der Waals surface area contributed by atoms with Crippen molar-refractivity contribution in [3.05, 3.63) is 68.7 Å². The standard InChI is InChI=1S/C15H11BrF2O/c1-8-5-9(2)14(13(18)6-8)15(19)10-3-4-11(16)12(17)7-10/h3-7H,1-2H3. The molecule has 0 aliphatic rings. The van der Waals surface area contributed by atoms with E-state index < -0.39 is 17.4 Å². The van der Waals surface area contributed by atoms with Crippen molar-refractivity contribution in [1.82, 2.24) is 0 Å². The number of aryl methyl sites for hydroxylation is 2. The minimum Gasteiger partial charge on any atom is -0.288 e. The number of carbonyl (C=O) groups excluding carboxylic acids is 1. The molecule has 0 atom stereocenters. The van der Waals surface area contributed by atoms with Crippen LogP contribution in [0.1, 0.15) is 27.0 Å². The van der Waals surface area contributed by atoms with Crippen LogP contribution in [-0.2, 0) is 0 Å². The first-order chi connectivity index (χ1) is 8.90. The first-order valence-electron chi connectivity index (χ1n) is 5.66. The summed E-state index contributed by atoms with van der Waals surface area (Å²) in [6.07, 6.45) is 0. The van der Waals surface area contributed by atoms with Crippen LogP contribution >= 0.6 is 15.9 Å². The van der Waals surface area contributed by atoms with E-state index in [1.807, 2.05) is 0 Å². The number of hydrogen-bond acceptors (Lipinski definition) is 1. The van der Waals surface area contributed by atoms with Crippen LogP contribution in [0.4, 0.5) is 8.78 Å². The Bertz CT molecular complexity index is 642. The molecule has 0 saturated carbocycles. The Morgan fingerprint density at radius 2 is 1.74 bits per heavy atom. The molecule has 0 unspecified atom stereocenters. The minimum atomic E-state index is -0.578. The van der Waals surface area contributed by atoms with Gasteiger partial charge in [0.2, 0.25) is 0 Å². The maximum absolute atomic E-state index is 13.9. The summed E-state index contributed by atoms with van der Waals surface area (Å²) in [4.78, 5) is 12.2. The lowest BCUT2D eigenvalue weighted by Gasteiger charge is -2.08. The maximum Gasteiger partial charge on any atom is 0.196 e. The van der Waals surface area contributed by atoms with Gasteiger partial charge in [-0.2, -0.15) is 0 Å². The molecule has 0 aromatic heterocycles. The molecule has 0 spiro atoms. The van der Waals surface area contributed by atoms with Crippen molar-refractivity contribution in [2.75, 3.05) is 0 Å². The van der Waals surface area contributed by atoms with Gasteiger partial charge in [-0.25, -0.2) is 8.78 Å². The fourth-order valence-electron chi connectivity index (χ4n) is 1.98. The molecule has 19 heavy (non-hydrogen) atoms. The molecular formula is C15H11BrF2O. The Morgan fingerprint density at radius 1 is 1.05 bits per heavy atom. The smallest absolute Gasteiger partial charge is 0.196 e. The predicted octanol–water partition coefficient (Wildman–Crippen LogP) is 4.58. The van der Waals surface area contributed by atoms with Gasteiger partial charge in [0.05, 0.1) is 10.0 Å². The SMILES string of the molecule is Cc1cc(C)c(C(=O)c2ccc(Br)c(F)c2)c(F)c1. The lowest BCUT2D eigenvalue weighted by molar-refractivity contribution is 0.103. The van der Waals surface area contributed by atoms with E-state index >= 15 is 0 Å². The number of halogens is 3. The van der Waals surface area contributed by atoms with Crippen LogP contribution in [0.15, 0.2) is 34.8 Å². The second-order valence-corrected chi connectivity index (χ2v) is 5.25. The highest BCUT2D eigenvalue weighted by Crippen LogP contribution is 2.22. The summed E-state index contributed by atoms with van der Waals surface area (Å²) in [5.74, 6) is -1.64. The average Bonchev–Trinajstić information content (AvgIpc) is 2.31. The lowest BCUT2D eigenvalue weighted by atomic mass is 9.97. The predicted molar refractivity (Wildman–Crippen MR) is 73.4 cm³/mol. The van der Waals surface area contributed by atoms with Crippen LogP contribution in [0.3, 0.4) is 0 Å². The molecule has 0 aliphatic carbocycles. The van der Waals surface area contributed by atoms with Crippen LogP contribution < -0.4 is 0 Å². The first-order valence-corrected chi connectivity index (χ1v) is 6.46. The Labute approximate surface area is 118 Å². The molecule has 0 fully saturated rings. The fraction of sp³-hybridized carbons (Fsp3) is 0.133. The van der Waals surface area contributed by atoms with Gasteiger partial charge in [0, 0.05) is 5.56 Å². The van der Waals surface area contributed by atoms with Crippen molar-refractivity contribution in [3.63, 3.8) is 0 Å². The van der Waals surface area contributed by atoms with Gasteiger partial charge < -0.3 is 0 Å². The second-order valence-electron chi connectivity index (χ2n) is 4.40. The van der Waals surface area contributed by atoms with E-state index in [0.29, 0.717) is 5.56 Å². The molecule has 0 bridgehead atoms. The third-order valence-electron chi connectivity index (χ3n) is 2.84. The number of hydrogen-bond donors (Lipinski definition) is 0. The third-order valence-corrected chi connectivity index (χ3v) is 3.48. The molecule has 0 aliphatic heterocycles. The molecule has 2 aromatic rings. The quantitative estimate of drug-likeness (QED) is 0.739. The largest absolute Gasteiger partial charge is 0.288 e. The molecule has 0 heterocycles. The molecule has 2 rings (SSSR count). The molecular weight excluding hydrogens is 314 g/mol. The van der Waals surface area contributed by atoms with Crippen LogP contribution in [-0.4, -0.2) is 5.78 Å². The number of carbonyl (C=O) groups is 1. The normalized spacial score (nSPS) is 10.6. The molecule has 0 saturated heterocycles. The average molecular weight is 325 g/mol. The second kappa shape index (κ2) is 5.21. The number of ketones is 1. The van der Waals surface area contributed by atoms with Gasteiger partial charge in [0.15, 0.2) is 5.78 Å². The van der Waals surface area contributed by atoms with Crippen LogP contribution in [0.25, 0.3) is 0 Å². The zero-order valence-corrected chi connectivity index (χ0v) is 12.0. The first kappa shape index (κ1) is 13.9. The Balaban J connectivity index is 2.53. The lowest BCUT2D eigenvalue weighted by Crippen LogP contribution is -2.08. The number of rotatable bonds is 2. The molecule has 0 amide bonds. The summed E-state index contributed by atoms with van der Waals surface area (Å²) in [6.45, 7) is 3.42. The summed E-state index contributed by atoms with van der Waals surface area (Å²) in [5, 5.41) is 0. The van der Waals surface area contributed by atoms with E-state index in [-0.39, 0.29) is 15.6 Å². The van der Waals surface area contributed by atoms with Crippen LogP contribution in [0, 0.1) is 25.5 Å². The van der Waals surface area contributed by atoms with Crippen molar-refractivity contribution in [3.8, 4) is 0 Å². The zero-order chi connectivity index (χ0) is 14.2. The number of benzene rings is 2. The van der Waals surface area contributed by atoms with Crippen molar-refractivity contribution in [2.24, 2.45) is 0 Å². The van der Waals surface area contributed by atoms with E-state index in [0.717, 1.165) is 11.6 Å². The van der Waals surface area contributed by atoms with Crippen molar-refractivity contribution >= 4 is 21.7 Å². The summed E-state index contributed by atoms with van der Waals surface area (Å²) in [5.41, 5.74) is 1.42. The molecule has 0 radical (unpaired) electrons. The van der Waals surface area contributed by atoms with E-state index in [1.54, 1.807) is 19.9 Å². The van der Waals surface area contributed by atoms with Crippen molar-refractivity contribution in [2.45, 2.75) is 13.8 Å². The zero-order valence-electron chi connectivity index (χ0n) is 10.4. The van der Waals surface area contributed by atoms with Gasteiger partial charge >= 0.3 is 0 Å². The van der Waals surface area contributed by atoms with Gasteiger partial charge in [0.25, 0.3) is 0 Å². The summed E-state index contributed by atoms with van der Waals surface area (Å²) >= 11 is 3.01. The van der Waals surface area contributed by atoms with Crippen LogP contribution in [0.2, 0.25) is 0 Å². The van der Waals surface area contributed by atoms with E-state index in [9.17, 15) is 13.6 Å². The van der Waals surface area contributed by atoms with Crippen LogP contribution in [0.5, 0.6) is 0 Å². The Kier molecular flexibility index (Phi) is 3.80. The van der Waals surface area contributed by atoms with Gasteiger partial charge in [-0.15, -0.1) is 0 Å². The molecule has 0 N–H and O–H groups in total. The Morgan fingerprint density at radius 3 is 2.32 bits per heavy atom. The summed E-state index contributed by atoms with van der Waals surface area (Å²) < 4.78 is 27.6. The minimum absolute atomic E-state index is 0.00711.